The Morgan fingerprint density at radius 2 is 2.07 bits per heavy atom. The van der Waals surface area contributed by atoms with Crippen molar-refractivity contribution in [2.24, 2.45) is 0 Å². The first kappa shape index (κ1) is 10.8. The molecule has 0 aliphatic carbocycles. The Bertz CT molecular complexity index is 329. The van der Waals surface area contributed by atoms with Crippen LogP contribution in [0.5, 0.6) is 0 Å². The van der Waals surface area contributed by atoms with Gasteiger partial charge >= 0.3 is 5.97 Å². The number of rotatable bonds is 3. The van der Waals surface area contributed by atoms with Crippen molar-refractivity contribution in [2.45, 2.75) is 26.7 Å². The lowest BCUT2D eigenvalue weighted by molar-refractivity contribution is -0.140. The molecule has 0 aromatic heterocycles. The number of carbonyl (C=O) groups excluding carboxylic acids is 1. The summed E-state index contributed by atoms with van der Waals surface area (Å²) in [6.45, 7) is 4.12. The van der Waals surface area contributed by atoms with E-state index >= 15 is 0 Å². The van der Waals surface area contributed by atoms with Crippen LogP contribution in [0.25, 0.3) is 0 Å². The Labute approximate surface area is 84.9 Å². The molecule has 0 atom stereocenters. The van der Waals surface area contributed by atoms with Crippen LogP contribution in [0, 0.1) is 13.8 Å². The number of ether oxygens (including phenoxy) is 1. The molecule has 2 nitrogen and oxygen atoms in total. The normalized spacial score (nSPS) is 9.93. The van der Waals surface area contributed by atoms with E-state index in [0.717, 1.165) is 6.42 Å². The monoisotopic (exact) mass is 192 g/mol. The minimum absolute atomic E-state index is 0.147. The Balaban J connectivity index is 2.66. The summed E-state index contributed by atoms with van der Waals surface area (Å²) in [5.41, 5.74) is 3.70. The molecule has 2 heteroatoms. The summed E-state index contributed by atoms with van der Waals surface area (Å²) in [6.07, 6.45) is 1.22. The second-order valence-corrected chi connectivity index (χ2v) is 3.51. The predicted octanol–water partition coefficient (Wildman–Crippen LogP) is 2.41. The smallest absolute Gasteiger partial charge is 0.305 e. The fourth-order valence-corrected chi connectivity index (χ4v) is 1.41. The van der Waals surface area contributed by atoms with Crippen molar-refractivity contribution >= 4 is 5.97 Å². The van der Waals surface area contributed by atoms with Crippen molar-refractivity contribution in [3.05, 3.63) is 34.9 Å². The average Bonchev–Trinajstić information content (AvgIpc) is 2.19. The SMILES string of the molecule is COC(=O)CCc1cc(C)ccc1C. The van der Waals surface area contributed by atoms with Gasteiger partial charge < -0.3 is 4.74 Å². The molecule has 0 heterocycles. The Morgan fingerprint density at radius 1 is 1.36 bits per heavy atom. The zero-order valence-electron chi connectivity index (χ0n) is 8.96. The van der Waals surface area contributed by atoms with E-state index in [1.807, 2.05) is 0 Å². The van der Waals surface area contributed by atoms with Crippen molar-refractivity contribution in [1.29, 1.82) is 0 Å². The van der Waals surface area contributed by atoms with Crippen LogP contribution in [0.2, 0.25) is 0 Å². The lowest BCUT2D eigenvalue weighted by Gasteiger charge is -2.05. The Hall–Kier alpha value is -1.31. The number of carbonyl (C=O) groups is 1. The molecule has 1 aromatic rings. The highest BCUT2D eigenvalue weighted by atomic mass is 16.5. The lowest BCUT2D eigenvalue weighted by atomic mass is 10.0. The molecule has 0 spiro atoms. The molecule has 1 aromatic carbocycles. The molecule has 0 aliphatic rings. The average molecular weight is 192 g/mol. The summed E-state index contributed by atoms with van der Waals surface area (Å²) in [4.78, 5) is 11.0. The third-order valence-corrected chi connectivity index (χ3v) is 2.33. The molecule has 0 amide bonds. The summed E-state index contributed by atoms with van der Waals surface area (Å²) in [5.74, 6) is -0.147. The van der Waals surface area contributed by atoms with E-state index in [0.29, 0.717) is 6.42 Å². The summed E-state index contributed by atoms with van der Waals surface area (Å²) >= 11 is 0. The quantitative estimate of drug-likeness (QED) is 0.687. The van der Waals surface area contributed by atoms with Crippen LogP contribution in [0.3, 0.4) is 0 Å². The summed E-state index contributed by atoms with van der Waals surface area (Å²) in [5, 5.41) is 0. The molecule has 0 radical (unpaired) electrons. The van der Waals surface area contributed by atoms with Gasteiger partial charge in [-0.3, -0.25) is 4.79 Å². The standard InChI is InChI=1S/C12H16O2/c1-9-4-5-10(2)11(8-9)6-7-12(13)14-3/h4-5,8H,6-7H2,1-3H3. The van der Waals surface area contributed by atoms with Crippen molar-refractivity contribution in [1.82, 2.24) is 0 Å². The Morgan fingerprint density at radius 3 is 2.71 bits per heavy atom. The summed E-state index contributed by atoms with van der Waals surface area (Å²) in [7, 11) is 1.42. The van der Waals surface area contributed by atoms with Crippen LogP contribution in [0.1, 0.15) is 23.1 Å². The molecule has 0 saturated carbocycles. The van der Waals surface area contributed by atoms with Crippen LogP contribution in [-0.4, -0.2) is 13.1 Å². The van der Waals surface area contributed by atoms with Crippen LogP contribution in [-0.2, 0) is 16.0 Å². The maximum Gasteiger partial charge on any atom is 0.305 e. The topological polar surface area (TPSA) is 26.3 Å². The summed E-state index contributed by atoms with van der Waals surface area (Å²) < 4.78 is 4.60. The molecule has 0 aliphatic heterocycles. The molecule has 0 fully saturated rings. The van der Waals surface area contributed by atoms with Gasteiger partial charge in [-0.05, 0) is 31.4 Å². The van der Waals surface area contributed by atoms with Gasteiger partial charge in [0.2, 0.25) is 0 Å². The molecule has 0 unspecified atom stereocenters. The van der Waals surface area contributed by atoms with Crippen LogP contribution >= 0.6 is 0 Å². The second-order valence-electron chi connectivity index (χ2n) is 3.51. The van der Waals surface area contributed by atoms with Crippen molar-refractivity contribution in [3.63, 3.8) is 0 Å². The maximum absolute atomic E-state index is 11.0. The van der Waals surface area contributed by atoms with Crippen molar-refractivity contribution < 1.29 is 9.53 Å². The van der Waals surface area contributed by atoms with Gasteiger partial charge in [0, 0.05) is 6.42 Å². The molecule has 76 valence electrons. The van der Waals surface area contributed by atoms with Gasteiger partial charge in [-0.2, -0.15) is 0 Å². The van der Waals surface area contributed by atoms with Gasteiger partial charge in [0.05, 0.1) is 7.11 Å². The molecule has 0 saturated heterocycles. The molecular weight excluding hydrogens is 176 g/mol. The highest BCUT2D eigenvalue weighted by Gasteiger charge is 2.03. The first-order valence-electron chi connectivity index (χ1n) is 4.76. The van der Waals surface area contributed by atoms with E-state index in [2.05, 4.69) is 36.8 Å². The van der Waals surface area contributed by atoms with Crippen LogP contribution in [0.15, 0.2) is 18.2 Å². The fourth-order valence-electron chi connectivity index (χ4n) is 1.41. The number of benzene rings is 1. The second kappa shape index (κ2) is 4.80. The fraction of sp³-hybridized carbons (Fsp3) is 0.417. The van der Waals surface area contributed by atoms with E-state index in [4.69, 9.17) is 0 Å². The van der Waals surface area contributed by atoms with E-state index in [-0.39, 0.29) is 5.97 Å². The predicted molar refractivity (Wildman–Crippen MR) is 56.3 cm³/mol. The van der Waals surface area contributed by atoms with E-state index in [1.54, 1.807) is 0 Å². The molecule has 0 bridgehead atoms. The number of esters is 1. The minimum atomic E-state index is -0.147. The lowest BCUT2D eigenvalue weighted by Crippen LogP contribution is -2.02. The zero-order chi connectivity index (χ0) is 10.6. The maximum atomic E-state index is 11.0. The van der Waals surface area contributed by atoms with Gasteiger partial charge in [0.15, 0.2) is 0 Å². The van der Waals surface area contributed by atoms with Gasteiger partial charge in [-0.15, -0.1) is 0 Å². The first-order valence-corrected chi connectivity index (χ1v) is 4.76. The largest absolute Gasteiger partial charge is 0.469 e. The van der Waals surface area contributed by atoms with E-state index in [1.165, 1.54) is 23.8 Å². The summed E-state index contributed by atoms with van der Waals surface area (Å²) in [6, 6.07) is 6.29. The van der Waals surface area contributed by atoms with Crippen molar-refractivity contribution in [2.75, 3.05) is 7.11 Å². The van der Waals surface area contributed by atoms with Crippen molar-refractivity contribution in [3.8, 4) is 0 Å². The molecule has 0 N–H and O–H groups in total. The van der Waals surface area contributed by atoms with Gasteiger partial charge in [-0.1, -0.05) is 23.8 Å². The van der Waals surface area contributed by atoms with Gasteiger partial charge in [-0.25, -0.2) is 0 Å². The highest BCUT2D eigenvalue weighted by molar-refractivity contribution is 5.69. The van der Waals surface area contributed by atoms with Crippen LogP contribution in [0.4, 0.5) is 0 Å². The molecule has 14 heavy (non-hydrogen) atoms. The molecular formula is C12H16O2. The Kier molecular flexibility index (Phi) is 3.69. The van der Waals surface area contributed by atoms with E-state index < -0.39 is 0 Å². The molecule has 1 rings (SSSR count). The number of methoxy groups -OCH3 is 1. The minimum Gasteiger partial charge on any atom is -0.469 e. The third kappa shape index (κ3) is 2.87. The number of hydrogen-bond acceptors (Lipinski definition) is 2. The van der Waals surface area contributed by atoms with Gasteiger partial charge in [0.1, 0.15) is 0 Å². The first-order chi connectivity index (χ1) is 6.63. The highest BCUT2D eigenvalue weighted by Crippen LogP contribution is 2.12. The number of hydrogen-bond donors (Lipinski definition) is 0. The van der Waals surface area contributed by atoms with E-state index in [9.17, 15) is 4.79 Å². The van der Waals surface area contributed by atoms with Gasteiger partial charge in [0.25, 0.3) is 0 Å². The van der Waals surface area contributed by atoms with Crippen LogP contribution < -0.4 is 0 Å². The third-order valence-electron chi connectivity index (χ3n) is 2.33. The number of aryl methyl sites for hydroxylation is 3. The zero-order valence-corrected chi connectivity index (χ0v) is 8.96.